The molecule has 0 fully saturated rings. The molecule has 1 unspecified atom stereocenters. The molecule has 0 saturated heterocycles. The first-order chi connectivity index (χ1) is 17.0. The second-order valence-electron chi connectivity index (χ2n) is 9.33. The monoisotopic (exact) mass is 517 g/mol. The van der Waals surface area contributed by atoms with Gasteiger partial charge in [0.1, 0.15) is 6.04 Å². The maximum Gasteiger partial charge on any atom is 0.242 e. The highest BCUT2D eigenvalue weighted by Crippen LogP contribution is 2.36. The van der Waals surface area contributed by atoms with Crippen molar-refractivity contribution in [3.63, 3.8) is 0 Å². The first-order valence-corrected chi connectivity index (χ1v) is 13.8. The summed E-state index contributed by atoms with van der Waals surface area (Å²) in [5.41, 5.74) is 2.42. The highest BCUT2D eigenvalue weighted by atomic mass is 32.2. The molecule has 10 heteroatoms. The number of rotatable bonds is 11. The number of sulfonamides is 1. The van der Waals surface area contributed by atoms with E-state index in [1.54, 1.807) is 30.0 Å². The van der Waals surface area contributed by atoms with Gasteiger partial charge in [-0.3, -0.25) is 13.9 Å². The van der Waals surface area contributed by atoms with Crippen LogP contribution in [0.3, 0.4) is 0 Å². The minimum absolute atomic E-state index is 0.0547. The minimum atomic E-state index is -3.60. The lowest BCUT2D eigenvalue weighted by Gasteiger charge is -2.30. The third-order valence-electron chi connectivity index (χ3n) is 5.83. The number of benzene rings is 2. The van der Waals surface area contributed by atoms with Crippen molar-refractivity contribution in [2.75, 3.05) is 23.9 Å². The van der Waals surface area contributed by atoms with Gasteiger partial charge in [-0.1, -0.05) is 29.8 Å². The molecule has 1 heterocycles. The van der Waals surface area contributed by atoms with Crippen LogP contribution in [-0.4, -0.2) is 56.8 Å². The Hall–Kier alpha value is -3.27. The lowest BCUT2D eigenvalue weighted by atomic mass is 10.1. The van der Waals surface area contributed by atoms with Crippen LogP contribution in [0, 0.1) is 6.92 Å². The number of ether oxygens (including phenoxy) is 2. The highest BCUT2D eigenvalue weighted by Gasteiger charge is 2.27. The zero-order chi connectivity index (χ0) is 26.5. The van der Waals surface area contributed by atoms with Gasteiger partial charge in [-0.2, -0.15) is 0 Å². The number of carbonyl (C=O) groups excluding carboxylic acids is 2. The van der Waals surface area contributed by atoms with E-state index >= 15 is 0 Å². The normalized spacial score (nSPS) is 13.4. The number of hydrogen-bond acceptors (Lipinski definition) is 6. The van der Waals surface area contributed by atoms with Crippen molar-refractivity contribution in [1.82, 2.24) is 10.2 Å². The molecule has 2 aromatic rings. The summed E-state index contributed by atoms with van der Waals surface area (Å²) in [5, 5.41) is 2.87. The van der Waals surface area contributed by atoms with Gasteiger partial charge in [0.05, 0.1) is 11.9 Å². The maximum atomic E-state index is 13.3. The van der Waals surface area contributed by atoms with Gasteiger partial charge < -0.3 is 19.7 Å². The zero-order valence-electron chi connectivity index (χ0n) is 21.5. The summed E-state index contributed by atoms with van der Waals surface area (Å²) < 4.78 is 37.0. The van der Waals surface area contributed by atoms with Crippen LogP contribution in [0.25, 0.3) is 0 Å². The van der Waals surface area contributed by atoms with Crippen molar-refractivity contribution in [3.8, 4) is 11.5 Å². The molecule has 2 aromatic carbocycles. The fourth-order valence-electron chi connectivity index (χ4n) is 4.04. The molecule has 2 amide bonds. The SMILES string of the molecule is Cc1cccc(CN(C(=O)CCCN(c2ccc3c(c2)OCO3)S(C)(=O)=O)C(C)C(=O)NC(C)C)c1. The predicted molar refractivity (Wildman–Crippen MR) is 138 cm³/mol. The number of nitrogens with zero attached hydrogens (tertiary/aromatic N) is 2. The summed E-state index contributed by atoms with van der Waals surface area (Å²) in [6.45, 7) is 7.90. The second-order valence-corrected chi connectivity index (χ2v) is 11.2. The third-order valence-corrected chi connectivity index (χ3v) is 7.02. The van der Waals surface area contributed by atoms with E-state index < -0.39 is 16.1 Å². The van der Waals surface area contributed by atoms with Gasteiger partial charge in [0.25, 0.3) is 0 Å². The minimum Gasteiger partial charge on any atom is -0.454 e. The van der Waals surface area contributed by atoms with Gasteiger partial charge in [0.2, 0.25) is 28.6 Å². The average molecular weight is 518 g/mol. The van der Waals surface area contributed by atoms with E-state index in [2.05, 4.69) is 5.32 Å². The largest absolute Gasteiger partial charge is 0.454 e. The van der Waals surface area contributed by atoms with Crippen molar-refractivity contribution in [2.24, 2.45) is 0 Å². The first-order valence-electron chi connectivity index (χ1n) is 12.0. The fourth-order valence-corrected chi connectivity index (χ4v) is 5.00. The van der Waals surface area contributed by atoms with Crippen molar-refractivity contribution in [2.45, 2.75) is 59.2 Å². The topological polar surface area (TPSA) is 105 Å². The van der Waals surface area contributed by atoms with E-state index in [0.29, 0.717) is 17.2 Å². The highest BCUT2D eigenvalue weighted by molar-refractivity contribution is 7.92. The molecule has 0 bridgehead atoms. The molecule has 0 aromatic heterocycles. The summed E-state index contributed by atoms with van der Waals surface area (Å²) in [6, 6.07) is 12.0. The quantitative estimate of drug-likeness (QED) is 0.491. The molecule has 9 nitrogen and oxygen atoms in total. The molecule has 1 atom stereocenters. The lowest BCUT2D eigenvalue weighted by molar-refractivity contribution is -0.140. The van der Waals surface area contributed by atoms with Crippen molar-refractivity contribution in [1.29, 1.82) is 0 Å². The molecular weight excluding hydrogens is 482 g/mol. The van der Waals surface area contributed by atoms with Crippen LogP contribution in [0.4, 0.5) is 5.69 Å². The van der Waals surface area contributed by atoms with E-state index in [1.807, 2.05) is 45.0 Å². The maximum absolute atomic E-state index is 13.3. The number of aryl methyl sites for hydroxylation is 1. The van der Waals surface area contributed by atoms with Gasteiger partial charge in [0, 0.05) is 31.6 Å². The molecule has 0 spiro atoms. The van der Waals surface area contributed by atoms with E-state index in [4.69, 9.17) is 9.47 Å². The van der Waals surface area contributed by atoms with Crippen LogP contribution in [0.5, 0.6) is 11.5 Å². The number of fused-ring (bicyclic) bond motifs is 1. The Morgan fingerprint density at radius 1 is 1.06 bits per heavy atom. The number of carbonyl (C=O) groups is 2. The summed E-state index contributed by atoms with van der Waals surface area (Å²) in [4.78, 5) is 27.6. The van der Waals surface area contributed by atoms with Crippen LogP contribution in [0.2, 0.25) is 0 Å². The Balaban J connectivity index is 1.73. The Bertz CT molecular complexity index is 1200. The first kappa shape index (κ1) is 27.3. The number of amides is 2. The van der Waals surface area contributed by atoms with E-state index in [1.165, 1.54) is 4.31 Å². The molecule has 36 heavy (non-hydrogen) atoms. The Labute approximate surface area is 213 Å². The van der Waals surface area contributed by atoms with Crippen molar-refractivity contribution >= 4 is 27.5 Å². The Kier molecular flexibility index (Phi) is 8.84. The van der Waals surface area contributed by atoms with E-state index in [0.717, 1.165) is 17.4 Å². The molecule has 3 rings (SSSR count). The molecule has 0 aliphatic carbocycles. The van der Waals surface area contributed by atoms with Crippen LogP contribution >= 0.6 is 0 Å². The Morgan fingerprint density at radius 2 is 1.78 bits per heavy atom. The van der Waals surface area contributed by atoms with Crippen LogP contribution < -0.4 is 19.1 Å². The van der Waals surface area contributed by atoms with Crippen LogP contribution in [-0.2, 0) is 26.2 Å². The molecule has 1 aliphatic rings. The zero-order valence-corrected chi connectivity index (χ0v) is 22.3. The van der Waals surface area contributed by atoms with Gasteiger partial charge in [-0.05, 0) is 51.8 Å². The Morgan fingerprint density at radius 3 is 2.44 bits per heavy atom. The molecule has 0 saturated carbocycles. The molecule has 196 valence electrons. The van der Waals surface area contributed by atoms with Crippen molar-refractivity contribution < 1.29 is 27.5 Å². The summed E-state index contributed by atoms with van der Waals surface area (Å²) >= 11 is 0. The standard InChI is InChI=1S/C26H35N3O6S/c1-18(2)27-26(31)20(4)28(16-21-9-6-8-19(3)14-21)25(30)10-7-13-29(36(5,32)33)22-11-12-23-24(15-22)35-17-34-23/h6,8-9,11-12,14-15,18,20H,7,10,13,16-17H2,1-5H3,(H,27,31). The summed E-state index contributed by atoms with van der Waals surface area (Å²) in [5.74, 6) is 0.584. The predicted octanol–water partition coefficient (Wildman–Crippen LogP) is 3.21. The third kappa shape index (κ3) is 7.13. The van der Waals surface area contributed by atoms with E-state index in [-0.39, 0.29) is 50.6 Å². The second kappa shape index (κ2) is 11.6. The van der Waals surface area contributed by atoms with Gasteiger partial charge in [0.15, 0.2) is 11.5 Å². The molecule has 1 aliphatic heterocycles. The van der Waals surface area contributed by atoms with Gasteiger partial charge in [-0.25, -0.2) is 8.42 Å². The van der Waals surface area contributed by atoms with Crippen molar-refractivity contribution in [3.05, 3.63) is 53.6 Å². The number of hydrogen-bond donors (Lipinski definition) is 1. The van der Waals surface area contributed by atoms with Crippen LogP contribution in [0.15, 0.2) is 42.5 Å². The van der Waals surface area contributed by atoms with E-state index in [9.17, 15) is 18.0 Å². The summed E-state index contributed by atoms with van der Waals surface area (Å²) in [6.07, 6.45) is 1.49. The lowest BCUT2D eigenvalue weighted by Crippen LogP contribution is -2.49. The summed E-state index contributed by atoms with van der Waals surface area (Å²) in [7, 11) is -3.60. The number of anilines is 1. The van der Waals surface area contributed by atoms with Crippen LogP contribution in [0.1, 0.15) is 44.7 Å². The molecule has 1 N–H and O–H groups in total. The number of nitrogens with one attached hydrogen (secondary N) is 1. The smallest absolute Gasteiger partial charge is 0.242 e. The van der Waals surface area contributed by atoms with Gasteiger partial charge in [-0.15, -0.1) is 0 Å². The van der Waals surface area contributed by atoms with Gasteiger partial charge >= 0.3 is 0 Å². The molecule has 0 radical (unpaired) electrons. The fraction of sp³-hybridized carbons (Fsp3) is 0.462. The average Bonchev–Trinajstić information content (AvgIpc) is 3.26. The molecular formula is C26H35N3O6S.